The highest BCUT2D eigenvalue weighted by Crippen LogP contribution is 2.39. The topological polar surface area (TPSA) is 78.8 Å². The van der Waals surface area contributed by atoms with E-state index in [0.29, 0.717) is 35.3 Å². The van der Waals surface area contributed by atoms with Crippen LogP contribution in [0.3, 0.4) is 0 Å². The molecule has 3 heterocycles. The SMILES string of the molecule is Cc1nc(C2CC2)nc(N2CCN(C3=NS(=O)(=O)c4ccccc43)CC2)c1C. The van der Waals surface area contributed by atoms with E-state index in [9.17, 15) is 8.42 Å². The zero-order valence-electron chi connectivity index (χ0n) is 16.1. The Bertz CT molecular complexity index is 1080. The number of amidine groups is 1. The molecule has 2 fully saturated rings. The molecule has 0 atom stereocenters. The Labute approximate surface area is 165 Å². The molecule has 0 N–H and O–H groups in total. The molecule has 0 amide bonds. The normalized spacial score (nSPS) is 20.9. The smallest absolute Gasteiger partial charge is 0.285 e. The van der Waals surface area contributed by atoms with E-state index in [1.54, 1.807) is 12.1 Å². The standard InChI is InChI=1S/C20H23N5O2S/c1-13-14(2)21-18(15-7-8-15)22-19(13)24-9-11-25(12-10-24)20-16-5-3-4-6-17(16)28(26,27)23-20/h3-6,15H,7-12H2,1-2H3. The van der Waals surface area contributed by atoms with Crippen LogP contribution in [0.2, 0.25) is 0 Å². The Hall–Kier alpha value is -2.48. The lowest BCUT2D eigenvalue weighted by Crippen LogP contribution is -2.49. The highest BCUT2D eigenvalue weighted by molar-refractivity contribution is 7.90. The van der Waals surface area contributed by atoms with Crippen LogP contribution in [0, 0.1) is 13.8 Å². The molecular weight excluding hydrogens is 374 g/mol. The third-order valence-corrected chi connectivity index (χ3v) is 7.14. The number of anilines is 1. The van der Waals surface area contributed by atoms with Crippen molar-refractivity contribution in [3.8, 4) is 0 Å². The number of aryl methyl sites for hydroxylation is 1. The summed E-state index contributed by atoms with van der Waals surface area (Å²) in [7, 11) is -3.58. The maximum absolute atomic E-state index is 12.3. The van der Waals surface area contributed by atoms with Gasteiger partial charge in [0.05, 0.1) is 0 Å². The molecule has 5 rings (SSSR count). The Morgan fingerprint density at radius 3 is 2.36 bits per heavy atom. The fourth-order valence-electron chi connectivity index (χ4n) is 3.91. The van der Waals surface area contributed by atoms with Gasteiger partial charge in [0.1, 0.15) is 16.5 Å². The summed E-state index contributed by atoms with van der Waals surface area (Å²) in [5.41, 5.74) is 2.89. The molecule has 1 aliphatic carbocycles. The largest absolute Gasteiger partial charge is 0.353 e. The first kappa shape index (κ1) is 17.6. The third kappa shape index (κ3) is 2.87. The van der Waals surface area contributed by atoms with Crippen molar-refractivity contribution in [1.29, 1.82) is 0 Å². The van der Waals surface area contributed by atoms with E-state index >= 15 is 0 Å². The summed E-state index contributed by atoms with van der Waals surface area (Å²) in [6.07, 6.45) is 2.37. The Balaban J connectivity index is 1.38. The molecule has 8 heteroatoms. The zero-order valence-corrected chi connectivity index (χ0v) is 16.9. The van der Waals surface area contributed by atoms with Crippen molar-refractivity contribution in [3.63, 3.8) is 0 Å². The van der Waals surface area contributed by atoms with Gasteiger partial charge in [-0.3, -0.25) is 0 Å². The van der Waals surface area contributed by atoms with Gasteiger partial charge in [-0.2, -0.15) is 8.42 Å². The van der Waals surface area contributed by atoms with Crippen molar-refractivity contribution in [2.24, 2.45) is 4.40 Å². The van der Waals surface area contributed by atoms with Crippen LogP contribution in [0.5, 0.6) is 0 Å². The minimum atomic E-state index is -3.58. The molecule has 0 bridgehead atoms. The number of piperazine rings is 1. The number of sulfonamides is 1. The van der Waals surface area contributed by atoms with Gasteiger partial charge in [-0.15, -0.1) is 4.40 Å². The maximum atomic E-state index is 12.3. The number of aromatic nitrogens is 2. The Morgan fingerprint density at radius 1 is 0.964 bits per heavy atom. The highest BCUT2D eigenvalue weighted by Gasteiger charge is 2.34. The minimum absolute atomic E-state index is 0.309. The molecule has 2 aliphatic heterocycles. The van der Waals surface area contributed by atoms with Gasteiger partial charge in [0.25, 0.3) is 10.0 Å². The number of hydrogen-bond acceptors (Lipinski definition) is 6. The Kier molecular flexibility index (Phi) is 3.94. The number of nitrogens with zero attached hydrogens (tertiary/aromatic N) is 5. The van der Waals surface area contributed by atoms with Gasteiger partial charge >= 0.3 is 0 Å². The highest BCUT2D eigenvalue weighted by atomic mass is 32.2. The molecule has 0 unspecified atom stereocenters. The summed E-state index contributed by atoms with van der Waals surface area (Å²) in [4.78, 5) is 14.2. The lowest BCUT2D eigenvalue weighted by Gasteiger charge is -2.37. The first-order chi connectivity index (χ1) is 13.4. The van der Waals surface area contributed by atoms with Gasteiger partial charge in [-0.25, -0.2) is 9.97 Å². The van der Waals surface area contributed by atoms with Crippen molar-refractivity contribution in [1.82, 2.24) is 14.9 Å². The van der Waals surface area contributed by atoms with Crippen LogP contribution in [-0.2, 0) is 10.0 Å². The van der Waals surface area contributed by atoms with Gasteiger partial charge < -0.3 is 9.80 Å². The van der Waals surface area contributed by atoms with Crippen molar-refractivity contribution in [2.75, 3.05) is 31.1 Å². The van der Waals surface area contributed by atoms with Gasteiger partial charge in [0, 0.05) is 48.9 Å². The van der Waals surface area contributed by atoms with Gasteiger partial charge in [0.2, 0.25) is 0 Å². The summed E-state index contributed by atoms with van der Waals surface area (Å²) < 4.78 is 28.7. The summed E-state index contributed by atoms with van der Waals surface area (Å²) >= 11 is 0. The van der Waals surface area contributed by atoms with Gasteiger partial charge in [-0.05, 0) is 38.8 Å². The molecule has 1 saturated carbocycles. The molecule has 1 saturated heterocycles. The first-order valence-electron chi connectivity index (χ1n) is 9.73. The van der Waals surface area contributed by atoms with Crippen LogP contribution in [0.15, 0.2) is 33.6 Å². The predicted octanol–water partition coefficient (Wildman–Crippen LogP) is 2.24. The zero-order chi connectivity index (χ0) is 19.5. The van der Waals surface area contributed by atoms with E-state index < -0.39 is 10.0 Å². The molecular formula is C20H23N5O2S. The van der Waals surface area contributed by atoms with Gasteiger partial charge in [0.15, 0.2) is 5.84 Å². The fourth-order valence-corrected chi connectivity index (χ4v) is 5.14. The second-order valence-corrected chi connectivity index (χ2v) is 9.32. The van der Waals surface area contributed by atoms with Crippen LogP contribution in [-0.4, -0.2) is 55.3 Å². The summed E-state index contributed by atoms with van der Waals surface area (Å²) in [5, 5.41) is 0. The van der Waals surface area contributed by atoms with E-state index in [4.69, 9.17) is 4.98 Å². The molecule has 1 aromatic heterocycles. The number of rotatable bonds is 2. The number of benzene rings is 1. The number of fused-ring (bicyclic) bond motifs is 1. The minimum Gasteiger partial charge on any atom is -0.353 e. The van der Waals surface area contributed by atoms with E-state index in [1.165, 1.54) is 12.8 Å². The van der Waals surface area contributed by atoms with E-state index in [1.807, 2.05) is 12.1 Å². The lowest BCUT2D eigenvalue weighted by atomic mass is 10.1. The lowest BCUT2D eigenvalue weighted by molar-refractivity contribution is 0.385. The molecule has 2 aromatic rings. The summed E-state index contributed by atoms with van der Waals surface area (Å²) in [5.74, 6) is 3.09. The van der Waals surface area contributed by atoms with E-state index in [-0.39, 0.29) is 0 Å². The molecule has 0 spiro atoms. The molecule has 0 radical (unpaired) electrons. The van der Waals surface area contributed by atoms with Crippen LogP contribution in [0.25, 0.3) is 0 Å². The van der Waals surface area contributed by atoms with Crippen molar-refractivity contribution >= 4 is 21.7 Å². The Morgan fingerprint density at radius 2 is 1.64 bits per heavy atom. The van der Waals surface area contributed by atoms with Crippen molar-refractivity contribution < 1.29 is 8.42 Å². The van der Waals surface area contributed by atoms with Crippen LogP contribution >= 0.6 is 0 Å². The summed E-state index contributed by atoms with van der Waals surface area (Å²) in [6, 6.07) is 7.07. The molecule has 3 aliphatic rings. The van der Waals surface area contributed by atoms with E-state index in [2.05, 4.69) is 33.0 Å². The molecule has 1 aromatic carbocycles. The quantitative estimate of drug-likeness (QED) is 0.773. The average Bonchev–Trinajstić information content (AvgIpc) is 3.50. The second kappa shape index (κ2) is 6.27. The molecule has 7 nitrogen and oxygen atoms in total. The van der Waals surface area contributed by atoms with Crippen molar-refractivity contribution in [3.05, 3.63) is 46.9 Å². The monoisotopic (exact) mass is 397 g/mol. The second-order valence-electron chi connectivity index (χ2n) is 7.75. The van der Waals surface area contributed by atoms with Crippen LogP contribution in [0.1, 0.15) is 41.4 Å². The maximum Gasteiger partial charge on any atom is 0.285 e. The van der Waals surface area contributed by atoms with Crippen LogP contribution in [0.4, 0.5) is 5.82 Å². The first-order valence-corrected chi connectivity index (χ1v) is 11.2. The van der Waals surface area contributed by atoms with E-state index in [0.717, 1.165) is 36.0 Å². The molecule has 28 heavy (non-hydrogen) atoms. The fraction of sp³-hybridized carbons (Fsp3) is 0.450. The van der Waals surface area contributed by atoms with Crippen molar-refractivity contribution in [2.45, 2.75) is 37.5 Å². The molecule has 146 valence electrons. The van der Waals surface area contributed by atoms with Gasteiger partial charge in [-0.1, -0.05) is 12.1 Å². The number of hydrogen-bond donors (Lipinski definition) is 0. The average molecular weight is 398 g/mol. The predicted molar refractivity (Wildman–Crippen MR) is 107 cm³/mol. The van der Waals surface area contributed by atoms with Crippen LogP contribution < -0.4 is 4.90 Å². The summed E-state index contributed by atoms with van der Waals surface area (Å²) in [6.45, 7) is 7.12. The third-order valence-electron chi connectivity index (χ3n) is 5.81.